The van der Waals surface area contributed by atoms with Crippen molar-refractivity contribution in [2.75, 3.05) is 7.05 Å². The van der Waals surface area contributed by atoms with E-state index < -0.39 is 12.1 Å². The summed E-state index contributed by atoms with van der Waals surface area (Å²) in [5, 5.41) is 11.1. The Morgan fingerprint density at radius 2 is 2.00 bits per heavy atom. The number of hydrazine groups is 1. The van der Waals surface area contributed by atoms with Gasteiger partial charge in [0.1, 0.15) is 12.1 Å². The van der Waals surface area contributed by atoms with E-state index in [-0.39, 0.29) is 5.91 Å². The van der Waals surface area contributed by atoms with Crippen molar-refractivity contribution < 1.29 is 9.90 Å². The molecule has 2 atom stereocenters. The molecule has 2 N–H and O–H groups in total. The summed E-state index contributed by atoms with van der Waals surface area (Å²) in [7, 11) is 1.64. The van der Waals surface area contributed by atoms with Gasteiger partial charge >= 0.3 is 0 Å². The zero-order chi connectivity index (χ0) is 10.1. The molecule has 4 heteroatoms. The normalized spacial score (nSPS) is 27.7. The summed E-state index contributed by atoms with van der Waals surface area (Å²) in [5.74, 6) is -0.646. The SMILES string of the molecule is CN1NC(=O)C(c2ccccc2)C1O. The predicted molar refractivity (Wildman–Crippen MR) is 51.1 cm³/mol. The van der Waals surface area contributed by atoms with Gasteiger partial charge in [-0.05, 0) is 5.56 Å². The Hall–Kier alpha value is -1.39. The number of amides is 1. The number of nitrogens with zero attached hydrogens (tertiary/aromatic N) is 1. The molecule has 14 heavy (non-hydrogen) atoms. The van der Waals surface area contributed by atoms with Crippen LogP contribution in [0.4, 0.5) is 0 Å². The number of aliphatic hydroxyl groups is 1. The zero-order valence-corrected chi connectivity index (χ0v) is 7.84. The van der Waals surface area contributed by atoms with Gasteiger partial charge in [0.2, 0.25) is 5.91 Å². The number of carbonyl (C=O) groups excluding carboxylic acids is 1. The monoisotopic (exact) mass is 192 g/mol. The summed E-state index contributed by atoms with van der Waals surface area (Å²) >= 11 is 0. The molecule has 0 aromatic heterocycles. The number of nitrogens with one attached hydrogen (secondary N) is 1. The average Bonchev–Trinajstić information content (AvgIpc) is 2.43. The van der Waals surface area contributed by atoms with E-state index >= 15 is 0 Å². The van der Waals surface area contributed by atoms with Crippen molar-refractivity contribution in [3.63, 3.8) is 0 Å². The standard InChI is InChI=1S/C10H12N2O2/c1-12-10(14)8(9(13)11-12)7-5-3-2-4-6-7/h2-6,8,10,14H,1H3,(H,11,13). The van der Waals surface area contributed by atoms with Crippen molar-refractivity contribution >= 4 is 5.91 Å². The van der Waals surface area contributed by atoms with Crippen molar-refractivity contribution in [1.82, 2.24) is 10.4 Å². The predicted octanol–water partition coefficient (Wildman–Crippen LogP) is 0.0652. The Kier molecular flexibility index (Phi) is 2.23. The lowest BCUT2D eigenvalue weighted by atomic mass is 9.98. The maximum absolute atomic E-state index is 11.5. The van der Waals surface area contributed by atoms with Crippen molar-refractivity contribution in [1.29, 1.82) is 0 Å². The van der Waals surface area contributed by atoms with Crippen LogP contribution in [-0.4, -0.2) is 29.3 Å². The van der Waals surface area contributed by atoms with Crippen LogP contribution in [0.15, 0.2) is 30.3 Å². The number of benzene rings is 1. The van der Waals surface area contributed by atoms with E-state index in [1.807, 2.05) is 30.3 Å². The average molecular weight is 192 g/mol. The Balaban J connectivity index is 2.31. The molecule has 1 aliphatic heterocycles. The maximum Gasteiger partial charge on any atom is 0.246 e. The zero-order valence-electron chi connectivity index (χ0n) is 7.84. The molecule has 1 aromatic carbocycles. The molecule has 0 saturated carbocycles. The molecule has 0 spiro atoms. The fraction of sp³-hybridized carbons (Fsp3) is 0.300. The second kappa shape index (κ2) is 3.40. The molecule has 1 heterocycles. The quantitative estimate of drug-likeness (QED) is 0.661. The van der Waals surface area contributed by atoms with Crippen LogP contribution in [0.5, 0.6) is 0 Å². The van der Waals surface area contributed by atoms with Gasteiger partial charge in [-0.3, -0.25) is 10.2 Å². The minimum atomic E-state index is -0.787. The van der Waals surface area contributed by atoms with Gasteiger partial charge in [0.15, 0.2) is 0 Å². The van der Waals surface area contributed by atoms with Crippen molar-refractivity contribution in [3.8, 4) is 0 Å². The fourth-order valence-electron chi connectivity index (χ4n) is 1.65. The Morgan fingerprint density at radius 1 is 1.36 bits per heavy atom. The molecule has 2 unspecified atom stereocenters. The lowest BCUT2D eigenvalue weighted by Gasteiger charge is -2.15. The molecule has 2 rings (SSSR count). The molecular weight excluding hydrogens is 180 g/mol. The van der Waals surface area contributed by atoms with E-state index in [0.717, 1.165) is 5.56 Å². The minimum Gasteiger partial charge on any atom is -0.376 e. The van der Waals surface area contributed by atoms with Gasteiger partial charge in [-0.1, -0.05) is 30.3 Å². The summed E-state index contributed by atoms with van der Waals surface area (Å²) in [5.41, 5.74) is 3.39. The van der Waals surface area contributed by atoms with Gasteiger partial charge in [0.05, 0.1) is 0 Å². The second-order valence-electron chi connectivity index (χ2n) is 3.39. The van der Waals surface area contributed by atoms with E-state index in [2.05, 4.69) is 5.43 Å². The molecule has 0 radical (unpaired) electrons. The van der Waals surface area contributed by atoms with Gasteiger partial charge in [-0.25, -0.2) is 0 Å². The molecule has 1 fully saturated rings. The van der Waals surface area contributed by atoms with Crippen LogP contribution in [0, 0.1) is 0 Å². The van der Waals surface area contributed by atoms with E-state index in [9.17, 15) is 9.90 Å². The summed E-state index contributed by atoms with van der Waals surface area (Å²) in [6.07, 6.45) is -0.787. The Labute approximate surface area is 82.1 Å². The summed E-state index contributed by atoms with van der Waals surface area (Å²) in [6.45, 7) is 0. The first kappa shape index (κ1) is 9.18. The van der Waals surface area contributed by atoms with Gasteiger partial charge in [-0.2, -0.15) is 5.01 Å². The van der Waals surface area contributed by atoms with E-state index in [0.29, 0.717) is 0 Å². The highest BCUT2D eigenvalue weighted by Gasteiger charge is 2.38. The van der Waals surface area contributed by atoms with Crippen molar-refractivity contribution in [3.05, 3.63) is 35.9 Å². The van der Waals surface area contributed by atoms with Crippen LogP contribution in [0.3, 0.4) is 0 Å². The molecule has 1 aromatic rings. The van der Waals surface area contributed by atoms with Crippen LogP contribution in [0.25, 0.3) is 0 Å². The molecular formula is C10H12N2O2. The first-order chi connectivity index (χ1) is 6.70. The number of hydrogen-bond donors (Lipinski definition) is 2. The van der Waals surface area contributed by atoms with Gasteiger partial charge in [0.25, 0.3) is 0 Å². The highest BCUT2D eigenvalue weighted by Crippen LogP contribution is 2.25. The lowest BCUT2D eigenvalue weighted by molar-refractivity contribution is -0.121. The highest BCUT2D eigenvalue weighted by molar-refractivity contribution is 5.85. The lowest BCUT2D eigenvalue weighted by Crippen LogP contribution is -2.34. The van der Waals surface area contributed by atoms with Crippen LogP contribution in [-0.2, 0) is 4.79 Å². The van der Waals surface area contributed by atoms with Crippen LogP contribution < -0.4 is 5.43 Å². The van der Waals surface area contributed by atoms with E-state index in [4.69, 9.17) is 0 Å². The van der Waals surface area contributed by atoms with Gasteiger partial charge in [-0.15, -0.1) is 0 Å². The Bertz CT molecular complexity index is 339. The Morgan fingerprint density at radius 3 is 2.50 bits per heavy atom. The summed E-state index contributed by atoms with van der Waals surface area (Å²) in [4.78, 5) is 11.5. The number of aliphatic hydroxyl groups excluding tert-OH is 1. The number of rotatable bonds is 1. The number of carbonyl (C=O) groups is 1. The second-order valence-corrected chi connectivity index (χ2v) is 3.39. The summed E-state index contributed by atoms with van der Waals surface area (Å²) in [6, 6.07) is 9.27. The molecule has 0 bridgehead atoms. The van der Waals surface area contributed by atoms with Crippen molar-refractivity contribution in [2.45, 2.75) is 12.1 Å². The largest absolute Gasteiger partial charge is 0.376 e. The van der Waals surface area contributed by atoms with E-state index in [1.54, 1.807) is 7.05 Å². The topological polar surface area (TPSA) is 52.6 Å². The number of likely N-dealkylation sites (N-methyl/N-ethyl adjacent to an activating group) is 1. The molecule has 1 aliphatic rings. The summed E-state index contributed by atoms with van der Waals surface area (Å²) < 4.78 is 0. The number of hydrogen-bond acceptors (Lipinski definition) is 3. The van der Waals surface area contributed by atoms with Crippen molar-refractivity contribution in [2.24, 2.45) is 0 Å². The highest BCUT2D eigenvalue weighted by atomic mass is 16.3. The molecule has 1 saturated heterocycles. The third kappa shape index (κ3) is 1.38. The molecule has 0 aliphatic carbocycles. The van der Waals surface area contributed by atoms with Gasteiger partial charge in [0, 0.05) is 7.05 Å². The molecule has 1 amide bonds. The minimum absolute atomic E-state index is 0.161. The fourth-order valence-corrected chi connectivity index (χ4v) is 1.65. The first-order valence-corrected chi connectivity index (χ1v) is 4.46. The smallest absolute Gasteiger partial charge is 0.246 e. The first-order valence-electron chi connectivity index (χ1n) is 4.46. The maximum atomic E-state index is 11.5. The van der Waals surface area contributed by atoms with Crippen LogP contribution in [0.2, 0.25) is 0 Å². The van der Waals surface area contributed by atoms with E-state index in [1.165, 1.54) is 5.01 Å². The molecule has 74 valence electrons. The van der Waals surface area contributed by atoms with Crippen LogP contribution >= 0.6 is 0 Å². The molecule has 4 nitrogen and oxygen atoms in total. The van der Waals surface area contributed by atoms with Crippen LogP contribution in [0.1, 0.15) is 11.5 Å². The third-order valence-electron chi connectivity index (χ3n) is 2.42. The van der Waals surface area contributed by atoms with Gasteiger partial charge < -0.3 is 5.11 Å². The third-order valence-corrected chi connectivity index (χ3v) is 2.42.